The van der Waals surface area contributed by atoms with E-state index in [1.165, 1.54) is 31.9 Å². The molecular weight excluding hydrogens is 543 g/mol. The number of benzene rings is 2. The number of hydrogen-bond donors (Lipinski definition) is 0. The highest BCUT2D eigenvalue weighted by Crippen LogP contribution is 2.51. The number of amides is 1. The summed E-state index contributed by atoms with van der Waals surface area (Å²) in [7, 11) is 0. The molecule has 0 radical (unpaired) electrons. The normalized spacial score (nSPS) is 24.9. The van der Waals surface area contributed by atoms with Gasteiger partial charge in [0.05, 0.1) is 16.5 Å². The number of fused-ring (bicyclic) bond motifs is 1. The molecular formula is C33H42Cl2N2O3. The van der Waals surface area contributed by atoms with E-state index in [-0.39, 0.29) is 23.3 Å². The second-order valence-corrected chi connectivity index (χ2v) is 13.5. The van der Waals surface area contributed by atoms with E-state index in [2.05, 4.69) is 35.8 Å². The Morgan fingerprint density at radius 1 is 1.07 bits per heavy atom. The number of nitrogens with zero attached hydrogens (tertiary/aromatic N) is 2. The summed E-state index contributed by atoms with van der Waals surface area (Å²) in [5.74, 6) is 2.19. The van der Waals surface area contributed by atoms with Crippen LogP contribution in [-0.4, -0.2) is 53.9 Å². The Bertz CT molecular complexity index is 1230. The fourth-order valence-electron chi connectivity index (χ4n) is 7.10. The first kappa shape index (κ1) is 29.4. The summed E-state index contributed by atoms with van der Waals surface area (Å²) in [5.41, 5.74) is 2.07. The zero-order valence-electron chi connectivity index (χ0n) is 24.0. The molecule has 5 rings (SSSR count). The molecule has 0 N–H and O–H groups in total. The number of carbonyl (C=O) groups is 2. The third-order valence-corrected chi connectivity index (χ3v) is 9.87. The lowest BCUT2D eigenvalue weighted by Crippen LogP contribution is -2.57. The van der Waals surface area contributed by atoms with E-state index >= 15 is 0 Å². The van der Waals surface area contributed by atoms with Crippen LogP contribution in [0.2, 0.25) is 10.0 Å². The summed E-state index contributed by atoms with van der Waals surface area (Å²) in [6.07, 6.45) is 7.12. The van der Waals surface area contributed by atoms with E-state index in [0.29, 0.717) is 34.1 Å². The van der Waals surface area contributed by atoms with Crippen LogP contribution >= 0.6 is 23.2 Å². The van der Waals surface area contributed by atoms with Crippen LogP contribution < -0.4 is 4.74 Å². The lowest BCUT2D eigenvalue weighted by molar-refractivity contribution is -0.136. The van der Waals surface area contributed by atoms with Crippen molar-refractivity contribution in [3.05, 3.63) is 63.6 Å². The van der Waals surface area contributed by atoms with Crippen LogP contribution in [0.15, 0.2) is 42.5 Å². The molecule has 40 heavy (non-hydrogen) atoms. The largest absolute Gasteiger partial charge is 0.427 e. The van der Waals surface area contributed by atoms with Gasteiger partial charge in [0.25, 0.3) is 0 Å². The van der Waals surface area contributed by atoms with Gasteiger partial charge in [0, 0.05) is 38.0 Å². The first-order valence-corrected chi connectivity index (χ1v) is 15.6. The van der Waals surface area contributed by atoms with Crippen LogP contribution in [0.25, 0.3) is 0 Å². The molecule has 1 amide bonds. The molecule has 1 aliphatic heterocycles. The summed E-state index contributed by atoms with van der Waals surface area (Å²) in [4.78, 5) is 30.5. The summed E-state index contributed by atoms with van der Waals surface area (Å²) in [6, 6.07) is 13.8. The van der Waals surface area contributed by atoms with Crippen LogP contribution in [0.5, 0.6) is 5.75 Å². The zero-order chi connectivity index (χ0) is 28.4. The molecule has 2 aromatic carbocycles. The van der Waals surface area contributed by atoms with E-state index in [0.717, 1.165) is 56.8 Å². The maximum absolute atomic E-state index is 13.9. The van der Waals surface area contributed by atoms with Crippen LogP contribution in [0.4, 0.5) is 0 Å². The molecule has 0 unspecified atom stereocenters. The van der Waals surface area contributed by atoms with Gasteiger partial charge in [-0.05, 0) is 98.2 Å². The number of ether oxygens (including phenoxy) is 1. The second kappa shape index (κ2) is 12.4. The first-order valence-electron chi connectivity index (χ1n) is 14.9. The molecule has 2 saturated carbocycles. The number of carbonyl (C=O) groups excluding carboxylic acids is 2. The molecule has 216 valence electrons. The fourth-order valence-corrected chi connectivity index (χ4v) is 7.42. The summed E-state index contributed by atoms with van der Waals surface area (Å²) < 4.78 is 5.52. The van der Waals surface area contributed by atoms with Crippen LogP contribution in [0, 0.1) is 17.8 Å². The average molecular weight is 586 g/mol. The summed E-state index contributed by atoms with van der Waals surface area (Å²) in [6.45, 7) is 9.92. The number of rotatable bonds is 9. The molecule has 0 spiro atoms. The fraction of sp³-hybridized carbons (Fsp3) is 0.576. The van der Waals surface area contributed by atoms with Crippen molar-refractivity contribution in [1.29, 1.82) is 0 Å². The predicted octanol–water partition coefficient (Wildman–Crippen LogP) is 7.17. The van der Waals surface area contributed by atoms with Gasteiger partial charge in [-0.25, -0.2) is 0 Å². The zero-order valence-corrected chi connectivity index (χ0v) is 25.5. The Morgan fingerprint density at radius 2 is 1.88 bits per heavy atom. The minimum absolute atomic E-state index is 0.0573. The van der Waals surface area contributed by atoms with Crippen LogP contribution in [-0.2, 0) is 21.4 Å². The number of piperidine rings is 1. The van der Waals surface area contributed by atoms with Crippen molar-refractivity contribution in [2.24, 2.45) is 17.8 Å². The minimum atomic E-state index is -0.303. The summed E-state index contributed by atoms with van der Waals surface area (Å²) in [5, 5.41) is 0.980. The highest BCUT2D eigenvalue weighted by Gasteiger charge is 2.50. The Labute approximate surface area is 249 Å². The summed E-state index contributed by atoms with van der Waals surface area (Å²) >= 11 is 12.4. The second-order valence-electron chi connectivity index (χ2n) is 12.7. The van der Waals surface area contributed by atoms with Crippen molar-refractivity contribution in [3.63, 3.8) is 0 Å². The van der Waals surface area contributed by atoms with Crippen molar-refractivity contribution >= 4 is 35.1 Å². The van der Waals surface area contributed by atoms with Gasteiger partial charge in [-0.1, -0.05) is 55.2 Å². The number of esters is 1. The molecule has 3 aliphatic rings. The Hall–Kier alpha value is -2.08. The topological polar surface area (TPSA) is 49.9 Å². The Balaban J connectivity index is 1.43. The van der Waals surface area contributed by atoms with Crippen molar-refractivity contribution < 1.29 is 14.3 Å². The van der Waals surface area contributed by atoms with Crippen molar-refractivity contribution in [1.82, 2.24) is 9.80 Å². The number of hydrogen-bond acceptors (Lipinski definition) is 4. The van der Waals surface area contributed by atoms with E-state index in [9.17, 15) is 9.59 Å². The maximum atomic E-state index is 13.9. The highest BCUT2D eigenvalue weighted by atomic mass is 35.5. The quantitative estimate of drug-likeness (QED) is 0.231. The molecule has 3 atom stereocenters. The Morgan fingerprint density at radius 3 is 2.58 bits per heavy atom. The number of likely N-dealkylation sites (tertiary alicyclic amines) is 1. The first-order chi connectivity index (χ1) is 19.1. The third kappa shape index (κ3) is 6.86. The molecule has 0 aromatic heterocycles. The lowest BCUT2D eigenvalue weighted by Gasteiger charge is -2.55. The molecule has 5 nitrogen and oxygen atoms in total. The Kier molecular flexibility index (Phi) is 9.14. The third-order valence-electron chi connectivity index (χ3n) is 9.13. The van der Waals surface area contributed by atoms with E-state index in [1.807, 2.05) is 24.3 Å². The van der Waals surface area contributed by atoms with Gasteiger partial charge in [0.1, 0.15) is 5.75 Å². The minimum Gasteiger partial charge on any atom is -0.427 e. The smallest absolute Gasteiger partial charge is 0.308 e. The molecule has 2 aliphatic carbocycles. The maximum Gasteiger partial charge on any atom is 0.308 e. The van der Waals surface area contributed by atoms with Crippen molar-refractivity contribution in [3.8, 4) is 5.75 Å². The van der Waals surface area contributed by atoms with Crippen molar-refractivity contribution in [2.75, 3.05) is 26.2 Å². The van der Waals surface area contributed by atoms with Gasteiger partial charge in [0.15, 0.2) is 0 Å². The van der Waals surface area contributed by atoms with Gasteiger partial charge < -0.3 is 14.5 Å². The van der Waals surface area contributed by atoms with Gasteiger partial charge in [-0.15, -0.1) is 0 Å². The van der Waals surface area contributed by atoms with E-state index in [1.54, 1.807) is 6.07 Å². The van der Waals surface area contributed by atoms with Gasteiger partial charge in [0.2, 0.25) is 5.91 Å². The molecule has 2 aromatic rings. The van der Waals surface area contributed by atoms with Crippen LogP contribution in [0.3, 0.4) is 0 Å². The molecule has 3 fully saturated rings. The molecule has 1 saturated heterocycles. The van der Waals surface area contributed by atoms with E-state index in [4.69, 9.17) is 27.9 Å². The van der Waals surface area contributed by atoms with Crippen LogP contribution in [0.1, 0.15) is 70.4 Å². The molecule has 1 heterocycles. The van der Waals surface area contributed by atoms with Gasteiger partial charge >= 0.3 is 5.97 Å². The monoisotopic (exact) mass is 584 g/mol. The SMILES string of the molecule is CC(=O)Oc1cccc([C@@]23CCN(CC4CC4)C[C@H]2CC[C@H](N(CC(C)C)C(=O)Cc2ccc(Cl)c(Cl)c2)C3)c1. The lowest BCUT2D eigenvalue weighted by atomic mass is 9.57. The number of halogens is 2. The highest BCUT2D eigenvalue weighted by molar-refractivity contribution is 6.42. The van der Waals surface area contributed by atoms with Crippen molar-refractivity contribution in [2.45, 2.75) is 77.2 Å². The van der Waals surface area contributed by atoms with E-state index < -0.39 is 0 Å². The van der Waals surface area contributed by atoms with Gasteiger partial charge in [-0.2, -0.15) is 0 Å². The molecule has 0 bridgehead atoms. The average Bonchev–Trinajstić information content (AvgIpc) is 3.73. The standard InChI is InChI=1S/C33H42Cl2N2O3/c1-22(2)19-37(32(39)16-25-9-12-30(34)31(35)15-25)28-11-10-27-21-36(20-24-7-8-24)14-13-33(27,18-28)26-5-4-6-29(17-26)40-23(3)38/h4-6,9,12,15,17,22,24,27-28H,7-8,10-11,13-14,16,18-21H2,1-3H3/t27-,28+,33+/m1/s1. The molecule has 7 heteroatoms. The van der Waals surface area contributed by atoms with Gasteiger partial charge in [-0.3, -0.25) is 9.59 Å². The predicted molar refractivity (Wildman–Crippen MR) is 161 cm³/mol.